The molecule has 0 aliphatic carbocycles. The zero-order valence-corrected chi connectivity index (χ0v) is 12.0. The van der Waals surface area contributed by atoms with Gasteiger partial charge in [0.25, 0.3) is 0 Å². The molecule has 0 aliphatic heterocycles. The van der Waals surface area contributed by atoms with Crippen LogP contribution in [0.2, 0.25) is 0 Å². The summed E-state index contributed by atoms with van der Waals surface area (Å²) in [6.07, 6.45) is 1.17. The van der Waals surface area contributed by atoms with Crippen LogP contribution in [0.4, 0.5) is 0 Å². The molecule has 100 valence electrons. The monoisotopic (exact) mass is 261 g/mol. The van der Waals surface area contributed by atoms with E-state index in [2.05, 4.69) is 62.4 Å². The van der Waals surface area contributed by atoms with E-state index in [1.807, 2.05) is 12.1 Å². The Morgan fingerprint density at radius 2 is 1.65 bits per heavy atom. The first-order valence-electron chi connectivity index (χ1n) is 7.24. The van der Waals surface area contributed by atoms with Crippen LogP contribution < -0.4 is 0 Å². The minimum absolute atomic E-state index is 0.619. The van der Waals surface area contributed by atoms with Gasteiger partial charge in [-0.3, -0.25) is 0 Å². The fourth-order valence-corrected chi connectivity index (χ4v) is 2.44. The summed E-state index contributed by atoms with van der Waals surface area (Å²) in [6.45, 7) is 4.49. The van der Waals surface area contributed by atoms with Crippen molar-refractivity contribution in [1.29, 1.82) is 0 Å². The smallest absolute Gasteiger partial charge is 0.0709 e. The molecule has 0 aliphatic rings. The molecular formula is C19H19N. The first-order valence-corrected chi connectivity index (χ1v) is 7.24. The SMILES string of the molecule is CCC(C)c1ccc(-c2ccc3ccccc3n2)cc1. The maximum atomic E-state index is 4.74. The van der Waals surface area contributed by atoms with Crippen LogP contribution in [0.1, 0.15) is 31.7 Å². The van der Waals surface area contributed by atoms with Crippen LogP contribution in [0, 0.1) is 0 Å². The number of nitrogens with zero attached hydrogens (tertiary/aromatic N) is 1. The topological polar surface area (TPSA) is 12.9 Å². The second kappa shape index (κ2) is 5.46. The van der Waals surface area contributed by atoms with E-state index in [9.17, 15) is 0 Å². The van der Waals surface area contributed by atoms with E-state index in [-0.39, 0.29) is 0 Å². The molecule has 3 rings (SSSR count). The van der Waals surface area contributed by atoms with Crippen molar-refractivity contribution in [1.82, 2.24) is 4.98 Å². The minimum Gasteiger partial charge on any atom is -0.248 e. The first kappa shape index (κ1) is 12.9. The molecule has 0 N–H and O–H groups in total. The van der Waals surface area contributed by atoms with E-state index < -0.39 is 0 Å². The van der Waals surface area contributed by atoms with Crippen molar-refractivity contribution >= 4 is 10.9 Å². The standard InChI is InChI=1S/C19H19N/c1-3-14(2)15-8-10-17(11-9-15)19-13-12-16-6-4-5-7-18(16)20-19/h4-14H,3H2,1-2H3. The molecule has 20 heavy (non-hydrogen) atoms. The summed E-state index contributed by atoms with van der Waals surface area (Å²) in [5.74, 6) is 0.619. The highest BCUT2D eigenvalue weighted by Crippen LogP contribution is 2.24. The average molecular weight is 261 g/mol. The maximum Gasteiger partial charge on any atom is 0.0709 e. The lowest BCUT2D eigenvalue weighted by Crippen LogP contribution is -1.91. The fraction of sp³-hybridized carbons (Fsp3) is 0.211. The predicted octanol–water partition coefficient (Wildman–Crippen LogP) is 5.42. The second-order valence-corrected chi connectivity index (χ2v) is 5.32. The molecule has 0 radical (unpaired) electrons. The summed E-state index contributed by atoms with van der Waals surface area (Å²) >= 11 is 0. The predicted molar refractivity (Wildman–Crippen MR) is 85.9 cm³/mol. The Bertz CT molecular complexity index is 713. The van der Waals surface area contributed by atoms with Crippen molar-refractivity contribution < 1.29 is 0 Å². The van der Waals surface area contributed by atoms with Gasteiger partial charge >= 0.3 is 0 Å². The van der Waals surface area contributed by atoms with Gasteiger partial charge in [0.1, 0.15) is 0 Å². The molecule has 0 saturated heterocycles. The molecule has 1 aromatic heterocycles. The molecule has 1 nitrogen and oxygen atoms in total. The second-order valence-electron chi connectivity index (χ2n) is 5.32. The summed E-state index contributed by atoms with van der Waals surface area (Å²) in [5.41, 5.74) is 4.68. The maximum absolute atomic E-state index is 4.74. The summed E-state index contributed by atoms with van der Waals surface area (Å²) in [7, 11) is 0. The van der Waals surface area contributed by atoms with Gasteiger partial charge in [-0.1, -0.05) is 62.4 Å². The van der Waals surface area contributed by atoms with Crippen molar-refractivity contribution in [3.8, 4) is 11.3 Å². The van der Waals surface area contributed by atoms with Gasteiger partial charge in [-0.25, -0.2) is 4.98 Å². The molecule has 3 aromatic rings. The number of rotatable bonds is 3. The van der Waals surface area contributed by atoms with Gasteiger partial charge in [-0.2, -0.15) is 0 Å². The van der Waals surface area contributed by atoms with Crippen molar-refractivity contribution in [3.05, 3.63) is 66.2 Å². The van der Waals surface area contributed by atoms with Gasteiger partial charge in [0, 0.05) is 10.9 Å². The number of para-hydroxylation sites is 1. The first-order chi connectivity index (χ1) is 9.78. The van der Waals surface area contributed by atoms with Crippen LogP contribution >= 0.6 is 0 Å². The lowest BCUT2D eigenvalue weighted by Gasteiger charge is -2.10. The Morgan fingerprint density at radius 1 is 0.900 bits per heavy atom. The zero-order chi connectivity index (χ0) is 13.9. The highest BCUT2D eigenvalue weighted by molar-refractivity contribution is 5.81. The summed E-state index contributed by atoms with van der Waals surface area (Å²) in [5, 5.41) is 1.19. The van der Waals surface area contributed by atoms with E-state index in [0.717, 1.165) is 11.2 Å². The molecule has 0 amide bonds. The third kappa shape index (κ3) is 2.44. The Morgan fingerprint density at radius 3 is 2.40 bits per heavy atom. The Balaban J connectivity index is 1.98. The highest BCUT2D eigenvalue weighted by atomic mass is 14.7. The number of pyridine rings is 1. The van der Waals surface area contributed by atoms with Crippen molar-refractivity contribution in [2.45, 2.75) is 26.2 Å². The van der Waals surface area contributed by atoms with Crippen LogP contribution in [0.3, 0.4) is 0 Å². The fourth-order valence-electron chi connectivity index (χ4n) is 2.44. The van der Waals surface area contributed by atoms with Crippen LogP contribution in [-0.4, -0.2) is 4.98 Å². The lowest BCUT2D eigenvalue weighted by atomic mass is 9.97. The van der Waals surface area contributed by atoms with Gasteiger partial charge in [-0.15, -0.1) is 0 Å². The van der Waals surface area contributed by atoms with E-state index in [1.165, 1.54) is 22.9 Å². The molecular weight excluding hydrogens is 242 g/mol. The van der Waals surface area contributed by atoms with E-state index in [0.29, 0.717) is 5.92 Å². The van der Waals surface area contributed by atoms with Gasteiger partial charge in [0.15, 0.2) is 0 Å². The van der Waals surface area contributed by atoms with Crippen molar-refractivity contribution in [2.24, 2.45) is 0 Å². The third-order valence-electron chi connectivity index (χ3n) is 3.99. The Hall–Kier alpha value is -2.15. The summed E-state index contributed by atoms with van der Waals surface area (Å²) in [6, 6.07) is 21.3. The van der Waals surface area contributed by atoms with Crippen LogP contribution in [0.15, 0.2) is 60.7 Å². The zero-order valence-electron chi connectivity index (χ0n) is 12.0. The molecule has 2 aromatic carbocycles. The Kier molecular flexibility index (Phi) is 3.51. The van der Waals surface area contributed by atoms with Crippen LogP contribution in [-0.2, 0) is 0 Å². The molecule has 1 unspecified atom stereocenters. The number of hydrogen-bond donors (Lipinski definition) is 0. The number of aromatic nitrogens is 1. The van der Waals surface area contributed by atoms with Gasteiger partial charge in [0.2, 0.25) is 0 Å². The van der Waals surface area contributed by atoms with E-state index >= 15 is 0 Å². The Labute approximate surface area is 120 Å². The number of fused-ring (bicyclic) bond motifs is 1. The molecule has 0 bridgehead atoms. The quantitative estimate of drug-likeness (QED) is 0.614. The normalized spacial score (nSPS) is 12.5. The molecule has 1 atom stereocenters. The third-order valence-corrected chi connectivity index (χ3v) is 3.99. The van der Waals surface area contributed by atoms with Crippen molar-refractivity contribution in [3.63, 3.8) is 0 Å². The lowest BCUT2D eigenvalue weighted by molar-refractivity contribution is 0.734. The summed E-state index contributed by atoms with van der Waals surface area (Å²) < 4.78 is 0. The van der Waals surface area contributed by atoms with Gasteiger partial charge in [0.05, 0.1) is 11.2 Å². The molecule has 0 saturated carbocycles. The minimum atomic E-state index is 0.619. The van der Waals surface area contributed by atoms with Crippen molar-refractivity contribution in [2.75, 3.05) is 0 Å². The van der Waals surface area contributed by atoms with Gasteiger partial charge < -0.3 is 0 Å². The summed E-state index contributed by atoms with van der Waals surface area (Å²) in [4.78, 5) is 4.74. The molecule has 0 fully saturated rings. The average Bonchev–Trinajstić information content (AvgIpc) is 2.54. The highest BCUT2D eigenvalue weighted by Gasteiger charge is 2.05. The number of hydrogen-bond acceptors (Lipinski definition) is 1. The van der Waals surface area contributed by atoms with Gasteiger partial charge in [-0.05, 0) is 30.0 Å². The molecule has 0 spiro atoms. The van der Waals surface area contributed by atoms with Crippen LogP contribution in [0.5, 0.6) is 0 Å². The largest absolute Gasteiger partial charge is 0.248 e. The molecule has 1 heterocycles. The van der Waals surface area contributed by atoms with E-state index in [1.54, 1.807) is 0 Å². The van der Waals surface area contributed by atoms with Crippen LogP contribution in [0.25, 0.3) is 22.2 Å². The van der Waals surface area contributed by atoms with E-state index in [4.69, 9.17) is 4.98 Å². The number of benzene rings is 2. The molecule has 1 heteroatoms.